The van der Waals surface area contributed by atoms with Crippen LogP contribution in [0.5, 0.6) is 0 Å². The lowest BCUT2D eigenvalue weighted by molar-refractivity contribution is -0.130. The third-order valence-corrected chi connectivity index (χ3v) is 5.29. The van der Waals surface area contributed by atoms with Crippen LogP contribution >= 0.6 is 11.3 Å². The Kier molecular flexibility index (Phi) is 3.89. The van der Waals surface area contributed by atoms with Crippen molar-refractivity contribution in [2.45, 2.75) is 38.3 Å². The van der Waals surface area contributed by atoms with Crippen LogP contribution in [0.1, 0.15) is 31.2 Å². The van der Waals surface area contributed by atoms with E-state index in [1.807, 2.05) is 11.9 Å². The van der Waals surface area contributed by atoms with Crippen molar-refractivity contribution >= 4 is 17.2 Å². The van der Waals surface area contributed by atoms with E-state index in [9.17, 15) is 4.79 Å². The van der Waals surface area contributed by atoms with Gasteiger partial charge in [-0.1, -0.05) is 0 Å². The lowest BCUT2D eigenvalue weighted by atomic mass is 10.1. The maximum atomic E-state index is 12.1. The summed E-state index contributed by atoms with van der Waals surface area (Å²) >= 11 is 1.69. The van der Waals surface area contributed by atoms with Crippen molar-refractivity contribution < 1.29 is 4.79 Å². The summed E-state index contributed by atoms with van der Waals surface area (Å²) in [7, 11) is 1.91. The van der Waals surface area contributed by atoms with Crippen LogP contribution in [0.25, 0.3) is 0 Å². The molecule has 2 bridgehead atoms. The van der Waals surface area contributed by atoms with Crippen molar-refractivity contribution in [3.8, 4) is 0 Å². The fraction of sp³-hybridized carbons (Fsp3) is 0.667. The zero-order valence-electron chi connectivity index (χ0n) is 11.5. The lowest BCUT2D eigenvalue weighted by Crippen LogP contribution is -2.36. The predicted molar refractivity (Wildman–Crippen MR) is 78.1 cm³/mol. The molecule has 1 amide bonds. The minimum Gasteiger partial charge on any atom is -0.341 e. The number of carbonyl (C=O) groups is 1. The van der Waals surface area contributed by atoms with E-state index in [-0.39, 0.29) is 5.91 Å². The molecule has 1 aliphatic heterocycles. The number of hydrogen-bond acceptors (Lipinski definition) is 3. The van der Waals surface area contributed by atoms with Crippen LogP contribution in [0.3, 0.4) is 0 Å². The quantitative estimate of drug-likeness (QED) is 0.826. The molecule has 0 spiro atoms. The van der Waals surface area contributed by atoms with Crippen LogP contribution in [0.2, 0.25) is 0 Å². The monoisotopic (exact) mass is 278 g/mol. The average Bonchev–Trinajstić information content (AvgIpc) is 3.12. The minimum atomic E-state index is 0.272. The molecule has 0 N–H and O–H groups in total. The number of thiophene rings is 1. The SMILES string of the molecule is CN(Cc1ccsc1)C(=O)CCN1C[C@@H]2CC[C@H]1C2. The second kappa shape index (κ2) is 5.63. The van der Waals surface area contributed by atoms with E-state index in [1.165, 1.54) is 31.4 Å². The van der Waals surface area contributed by atoms with Gasteiger partial charge in [-0.05, 0) is 47.6 Å². The summed E-state index contributed by atoms with van der Waals surface area (Å²) in [5, 5.41) is 4.18. The van der Waals surface area contributed by atoms with E-state index >= 15 is 0 Å². The Morgan fingerprint density at radius 3 is 3.05 bits per heavy atom. The van der Waals surface area contributed by atoms with Gasteiger partial charge in [-0.2, -0.15) is 11.3 Å². The summed E-state index contributed by atoms with van der Waals surface area (Å²) in [6.45, 7) is 2.93. The summed E-state index contributed by atoms with van der Waals surface area (Å²) < 4.78 is 0. The molecule has 1 aliphatic carbocycles. The Labute approximate surface area is 119 Å². The first kappa shape index (κ1) is 13.1. The number of likely N-dealkylation sites (tertiary alicyclic amines) is 1. The highest BCUT2D eigenvalue weighted by Gasteiger charge is 2.37. The van der Waals surface area contributed by atoms with Crippen molar-refractivity contribution in [1.82, 2.24) is 9.80 Å². The first-order valence-corrected chi connectivity index (χ1v) is 8.16. The molecule has 3 nitrogen and oxygen atoms in total. The molecule has 2 heterocycles. The Balaban J connectivity index is 1.43. The van der Waals surface area contributed by atoms with Gasteiger partial charge < -0.3 is 4.90 Å². The zero-order chi connectivity index (χ0) is 13.2. The second-order valence-corrected chi connectivity index (χ2v) is 6.74. The topological polar surface area (TPSA) is 23.6 Å². The average molecular weight is 278 g/mol. The van der Waals surface area contributed by atoms with Crippen molar-refractivity contribution in [2.75, 3.05) is 20.1 Å². The summed E-state index contributed by atoms with van der Waals surface area (Å²) in [6.07, 6.45) is 4.81. The summed E-state index contributed by atoms with van der Waals surface area (Å²) in [5.41, 5.74) is 1.24. The highest BCUT2D eigenvalue weighted by atomic mass is 32.1. The minimum absolute atomic E-state index is 0.272. The number of fused-ring (bicyclic) bond motifs is 2. The van der Waals surface area contributed by atoms with Crippen molar-refractivity contribution in [3.05, 3.63) is 22.4 Å². The van der Waals surface area contributed by atoms with Crippen molar-refractivity contribution in [1.29, 1.82) is 0 Å². The molecule has 1 aromatic heterocycles. The van der Waals surface area contributed by atoms with Crippen LogP contribution in [0, 0.1) is 5.92 Å². The number of amides is 1. The molecule has 19 heavy (non-hydrogen) atoms. The normalized spacial score (nSPS) is 25.9. The Bertz CT molecular complexity index is 431. The van der Waals surface area contributed by atoms with Gasteiger partial charge in [0.25, 0.3) is 0 Å². The number of piperidine rings is 1. The molecule has 3 rings (SSSR count). The van der Waals surface area contributed by atoms with Gasteiger partial charge >= 0.3 is 0 Å². The highest BCUT2D eigenvalue weighted by Crippen LogP contribution is 2.37. The summed E-state index contributed by atoms with van der Waals surface area (Å²) in [6, 6.07) is 2.87. The van der Waals surface area contributed by atoms with E-state index in [0.717, 1.165) is 25.0 Å². The zero-order valence-corrected chi connectivity index (χ0v) is 12.4. The molecule has 2 aliphatic rings. The second-order valence-electron chi connectivity index (χ2n) is 5.96. The van der Waals surface area contributed by atoms with Crippen molar-refractivity contribution in [3.63, 3.8) is 0 Å². The molecule has 2 fully saturated rings. The first-order chi connectivity index (χ1) is 9.22. The fourth-order valence-electron chi connectivity index (χ4n) is 3.48. The summed E-state index contributed by atoms with van der Waals surface area (Å²) in [5.74, 6) is 1.19. The van der Waals surface area contributed by atoms with Crippen LogP contribution in [-0.2, 0) is 11.3 Å². The van der Waals surface area contributed by atoms with E-state index < -0.39 is 0 Å². The number of carbonyl (C=O) groups excluding carboxylic acids is 1. The molecule has 1 aromatic rings. The smallest absolute Gasteiger partial charge is 0.223 e. The van der Waals surface area contributed by atoms with E-state index in [2.05, 4.69) is 21.7 Å². The van der Waals surface area contributed by atoms with Gasteiger partial charge in [-0.3, -0.25) is 9.69 Å². The van der Waals surface area contributed by atoms with Crippen LogP contribution < -0.4 is 0 Å². The molecule has 0 unspecified atom stereocenters. The lowest BCUT2D eigenvalue weighted by Gasteiger charge is -2.27. The molecule has 104 valence electrons. The van der Waals surface area contributed by atoms with Crippen molar-refractivity contribution in [2.24, 2.45) is 5.92 Å². The maximum Gasteiger partial charge on any atom is 0.223 e. The standard InChI is InChI=1S/C15H22N2OS/c1-16(9-13-5-7-19-11-13)15(18)4-6-17-10-12-2-3-14(17)8-12/h5,7,11-12,14H,2-4,6,8-10H2,1H3/t12-,14+/m1/s1. The Morgan fingerprint density at radius 1 is 1.53 bits per heavy atom. The molecule has 0 aromatic carbocycles. The van der Waals surface area contributed by atoms with Crippen LogP contribution in [0.4, 0.5) is 0 Å². The van der Waals surface area contributed by atoms with Crippen LogP contribution in [-0.4, -0.2) is 41.9 Å². The Morgan fingerprint density at radius 2 is 2.42 bits per heavy atom. The number of hydrogen-bond donors (Lipinski definition) is 0. The first-order valence-electron chi connectivity index (χ1n) is 7.21. The number of nitrogens with zero attached hydrogens (tertiary/aromatic N) is 2. The molecule has 0 radical (unpaired) electrons. The Hall–Kier alpha value is -0.870. The molecule has 1 saturated carbocycles. The predicted octanol–water partition coefficient (Wildman–Crippen LogP) is 2.58. The van der Waals surface area contributed by atoms with E-state index in [0.29, 0.717) is 6.42 Å². The van der Waals surface area contributed by atoms with Crippen LogP contribution in [0.15, 0.2) is 16.8 Å². The van der Waals surface area contributed by atoms with E-state index in [1.54, 1.807) is 11.3 Å². The highest BCUT2D eigenvalue weighted by molar-refractivity contribution is 7.07. The van der Waals surface area contributed by atoms with Gasteiger partial charge in [-0.25, -0.2) is 0 Å². The van der Waals surface area contributed by atoms with Gasteiger partial charge in [0, 0.05) is 39.1 Å². The van der Waals surface area contributed by atoms with Gasteiger partial charge in [0.15, 0.2) is 0 Å². The van der Waals surface area contributed by atoms with Gasteiger partial charge in [0.05, 0.1) is 0 Å². The third-order valence-electron chi connectivity index (χ3n) is 4.56. The maximum absolute atomic E-state index is 12.1. The largest absolute Gasteiger partial charge is 0.341 e. The van der Waals surface area contributed by atoms with E-state index in [4.69, 9.17) is 0 Å². The number of rotatable bonds is 5. The van der Waals surface area contributed by atoms with Gasteiger partial charge in [-0.15, -0.1) is 0 Å². The molecule has 2 atom stereocenters. The van der Waals surface area contributed by atoms with Gasteiger partial charge in [0.1, 0.15) is 0 Å². The molecular formula is C15H22N2OS. The van der Waals surface area contributed by atoms with Gasteiger partial charge in [0.2, 0.25) is 5.91 Å². The molecule has 4 heteroatoms. The molecular weight excluding hydrogens is 256 g/mol. The molecule has 1 saturated heterocycles. The third kappa shape index (κ3) is 3.00. The fourth-order valence-corrected chi connectivity index (χ4v) is 4.14. The summed E-state index contributed by atoms with van der Waals surface area (Å²) in [4.78, 5) is 16.5.